The minimum Gasteiger partial charge on any atom is -0.468 e. The molecule has 0 atom stereocenters. The molecule has 1 aliphatic carbocycles. The Morgan fingerprint density at radius 2 is 1.94 bits per heavy atom. The summed E-state index contributed by atoms with van der Waals surface area (Å²) in [5, 5.41) is 0. The lowest BCUT2D eigenvalue weighted by Crippen LogP contribution is -2.24. The molecule has 1 aromatic rings. The van der Waals surface area contributed by atoms with Crippen LogP contribution in [0.25, 0.3) is 0 Å². The third kappa shape index (κ3) is 3.15. The number of furan rings is 1. The number of hydrogen-bond acceptors (Lipinski definition) is 3. The molecule has 1 aromatic heterocycles. The smallest absolute Gasteiger partial charge is 0.342 e. The van der Waals surface area contributed by atoms with Crippen molar-refractivity contribution < 1.29 is 13.9 Å². The molecule has 18 heavy (non-hydrogen) atoms. The summed E-state index contributed by atoms with van der Waals surface area (Å²) in [5.74, 6) is 0.942. The van der Waals surface area contributed by atoms with Crippen LogP contribution in [0, 0.1) is 0 Å². The van der Waals surface area contributed by atoms with Gasteiger partial charge in [0.05, 0.1) is 6.26 Å². The summed E-state index contributed by atoms with van der Waals surface area (Å²) >= 11 is 0. The molecule has 0 aromatic carbocycles. The van der Waals surface area contributed by atoms with Crippen LogP contribution in [0.2, 0.25) is 0 Å². The summed E-state index contributed by atoms with van der Waals surface area (Å²) in [6, 6.07) is 1.73. The topological polar surface area (TPSA) is 39.4 Å². The van der Waals surface area contributed by atoms with E-state index in [9.17, 15) is 4.79 Å². The molecular formula is C15H22O3. The zero-order valence-corrected chi connectivity index (χ0v) is 11.5. The van der Waals surface area contributed by atoms with Gasteiger partial charge in [-0.3, -0.25) is 0 Å². The van der Waals surface area contributed by atoms with E-state index in [0.717, 1.165) is 18.6 Å². The third-order valence-corrected chi connectivity index (χ3v) is 3.29. The fourth-order valence-electron chi connectivity index (χ4n) is 2.50. The maximum atomic E-state index is 12.1. The molecule has 1 saturated carbocycles. The Bertz CT molecular complexity index is 406. The van der Waals surface area contributed by atoms with Crippen molar-refractivity contribution in [2.24, 2.45) is 0 Å². The molecule has 0 bridgehead atoms. The SMILES string of the molecule is CC(C)(C)OC(=O)c1ccoc1C1CCCCC1. The van der Waals surface area contributed by atoms with Crippen LogP contribution in [0.5, 0.6) is 0 Å². The summed E-state index contributed by atoms with van der Waals surface area (Å²) in [6.07, 6.45) is 7.56. The summed E-state index contributed by atoms with van der Waals surface area (Å²) in [4.78, 5) is 12.1. The summed E-state index contributed by atoms with van der Waals surface area (Å²) in [7, 11) is 0. The van der Waals surface area contributed by atoms with E-state index in [1.165, 1.54) is 19.3 Å². The van der Waals surface area contributed by atoms with Gasteiger partial charge in [-0.1, -0.05) is 19.3 Å². The minimum absolute atomic E-state index is 0.267. The van der Waals surface area contributed by atoms with Crippen LogP contribution in [0.3, 0.4) is 0 Å². The number of carbonyl (C=O) groups excluding carboxylic acids is 1. The molecule has 1 fully saturated rings. The molecule has 3 nitrogen and oxygen atoms in total. The highest BCUT2D eigenvalue weighted by molar-refractivity contribution is 5.90. The van der Waals surface area contributed by atoms with Gasteiger partial charge in [-0.05, 0) is 39.7 Å². The molecule has 0 amide bonds. The van der Waals surface area contributed by atoms with Gasteiger partial charge in [0.15, 0.2) is 0 Å². The van der Waals surface area contributed by atoms with Crippen molar-refractivity contribution in [2.75, 3.05) is 0 Å². The highest BCUT2D eigenvalue weighted by Gasteiger charge is 2.27. The number of esters is 1. The van der Waals surface area contributed by atoms with Crippen molar-refractivity contribution in [2.45, 2.75) is 64.4 Å². The van der Waals surface area contributed by atoms with Crippen LogP contribution in [0.1, 0.15) is 74.9 Å². The van der Waals surface area contributed by atoms with Gasteiger partial charge in [0, 0.05) is 5.92 Å². The standard InChI is InChI=1S/C15H22O3/c1-15(2,3)18-14(16)12-9-10-17-13(12)11-7-5-4-6-8-11/h9-11H,4-8H2,1-3H3. The zero-order chi connectivity index (χ0) is 13.2. The quantitative estimate of drug-likeness (QED) is 0.735. The molecule has 1 heterocycles. The second kappa shape index (κ2) is 5.17. The number of rotatable bonds is 2. The highest BCUT2D eigenvalue weighted by atomic mass is 16.6. The van der Waals surface area contributed by atoms with E-state index in [-0.39, 0.29) is 5.97 Å². The monoisotopic (exact) mass is 250 g/mol. The minimum atomic E-state index is -0.460. The van der Waals surface area contributed by atoms with Crippen molar-refractivity contribution in [1.29, 1.82) is 0 Å². The Morgan fingerprint density at radius 1 is 1.28 bits per heavy atom. The third-order valence-electron chi connectivity index (χ3n) is 3.29. The lowest BCUT2D eigenvalue weighted by Gasteiger charge is -2.22. The predicted octanol–water partition coefficient (Wildman–Crippen LogP) is 4.28. The van der Waals surface area contributed by atoms with E-state index in [2.05, 4.69) is 0 Å². The Hall–Kier alpha value is -1.25. The summed E-state index contributed by atoms with van der Waals surface area (Å²) in [5.41, 5.74) is 0.148. The van der Waals surface area contributed by atoms with Gasteiger partial charge in [-0.2, -0.15) is 0 Å². The van der Waals surface area contributed by atoms with E-state index in [4.69, 9.17) is 9.15 Å². The maximum Gasteiger partial charge on any atom is 0.342 e. The van der Waals surface area contributed by atoms with Gasteiger partial charge in [0.1, 0.15) is 16.9 Å². The van der Waals surface area contributed by atoms with Crippen molar-refractivity contribution >= 4 is 5.97 Å². The Balaban J connectivity index is 2.14. The maximum absolute atomic E-state index is 12.1. The van der Waals surface area contributed by atoms with E-state index < -0.39 is 5.60 Å². The largest absolute Gasteiger partial charge is 0.468 e. The Labute approximate surface area is 109 Å². The first-order valence-electron chi connectivity index (χ1n) is 6.78. The van der Waals surface area contributed by atoms with Gasteiger partial charge < -0.3 is 9.15 Å². The molecular weight excluding hydrogens is 228 g/mol. The van der Waals surface area contributed by atoms with Crippen molar-refractivity contribution in [3.8, 4) is 0 Å². The molecule has 0 unspecified atom stereocenters. The van der Waals surface area contributed by atoms with Gasteiger partial charge >= 0.3 is 5.97 Å². The first kappa shape index (κ1) is 13.2. The predicted molar refractivity (Wildman–Crippen MR) is 69.7 cm³/mol. The summed E-state index contributed by atoms with van der Waals surface area (Å²) in [6.45, 7) is 5.64. The van der Waals surface area contributed by atoms with Gasteiger partial charge in [0.2, 0.25) is 0 Å². The van der Waals surface area contributed by atoms with Crippen LogP contribution in [0.4, 0.5) is 0 Å². The Kier molecular flexibility index (Phi) is 3.79. The van der Waals surface area contributed by atoms with E-state index >= 15 is 0 Å². The van der Waals surface area contributed by atoms with Crippen LogP contribution in [-0.2, 0) is 4.74 Å². The molecule has 100 valence electrons. The average Bonchev–Trinajstić information content (AvgIpc) is 2.76. The molecule has 0 N–H and O–H groups in total. The molecule has 3 heteroatoms. The molecule has 0 aliphatic heterocycles. The number of carbonyl (C=O) groups is 1. The fourth-order valence-corrected chi connectivity index (χ4v) is 2.50. The van der Waals surface area contributed by atoms with Gasteiger partial charge in [0.25, 0.3) is 0 Å². The molecule has 2 rings (SSSR count). The van der Waals surface area contributed by atoms with E-state index in [1.54, 1.807) is 12.3 Å². The van der Waals surface area contributed by atoms with Crippen LogP contribution < -0.4 is 0 Å². The highest BCUT2D eigenvalue weighted by Crippen LogP contribution is 2.35. The van der Waals surface area contributed by atoms with E-state index in [0.29, 0.717) is 11.5 Å². The second-order valence-electron chi connectivity index (χ2n) is 6.04. The van der Waals surface area contributed by atoms with Crippen LogP contribution in [-0.4, -0.2) is 11.6 Å². The molecule has 0 radical (unpaired) electrons. The van der Waals surface area contributed by atoms with Crippen molar-refractivity contribution in [3.05, 3.63) is 23.7 Å². The van der Waals surface area contributed by atoms with E-state index in [1.807, 2.05) is 20.8 Å². The van der Waals surface area contributed by atoms with Crippen molar-refractivity contribution in [1.82, 2.24) is 0 Å². The lowest BCUT2D eigenvalue weighted by atomic mass is 9.86. The normalized spacial score (nSPS) is 17.7. The van der Waals surface area contributed by atoms with Gasteiger partial charge in [-0.25, -0.2) is 4.79 Å². The van der Waals surface area contributed by atoms with Crippen molar-refractivity contribution in [3.63, 3.8) is 0 Å². The molecule has 0 saturated heterocycles. The second-order valence-corrected chi connectivity index (χ2v) is 6.04. The van der Waals surface area contributed by atoms with Gasteiger partial charge in [-0.15, -0.1) is 0 Å². The lowest BCUT2D eigenvalue weighted by molar-refractivity contribution is 0.00662. The molecule has 1 aliphatic rings. The first-order chi connectivity index (χ1) is 8.47. The molecule has 0 spiro atoms. The number of hydrogen-bond donors (Lipinski definition) is 0. The number of ether oxygens (including phenoxy) is 1. The summed E-state index contributed by atoms with van der Waals surface area (Å²) < 4.78 is 11.0. The average molecular weight is 250 g/mol. The first-order valence-corrected chi connectivity index (χ1v) is 6.78. The Morgan fingerprint density at radius 3 is 2.56 bits per heavy atom. The zero-order valence-electron chi connectivity index (χ0n) is 11.5. The van der Waals surface area contributed by atoms with Crippen LogP contribution >= 0.6 is 0 Å². The fraction of sp³-hybridized carbons (Fsp3) is 0.667. The van der Waals surface area contributed by atoms with Crippen LogP contribution in [0.15, 0.2) is 16.7 Å².